The average molecular weight is 360 g/mol. The number of piperidine rings is 2. The van der Waals surface area contributed by atoms with Gasteiger partial charge in [0.05, 0.1) is 5.92 Å². The number of rotatable bonds is 5. The molecule has 0 aliphatic carbocycles. The molecule has 2 fully saturated rings. The van der Waals surface area contributed by atoms with Crippen LogP contribution in [0.3, 0.4) is 0 Å². The first kappa shape index (κ1) is 19.2. The molecule has 0 saturated carbocycles. The molecule has 2 aliphatic rings. The second-order valence-electron chi connectivity index (χ2n) is 8.33. The summed E-state index contributed by atoms with van der Waals surface area (Å²) in [5.74, 6) is -0.830. The Morgan fingerprint density at radius 1 is 1.31 bits per heavy atom. The monoisotopic (exact) mass is 359 g/mol. The number of nitrogens with one attached hydrogen (secondary N) is 1. The van der Waals surface area contributed by atoms with Gasteiger partial charge in [0.15, 0.2) is 0 Å². The van der Waals surface area contributed by atoms with E-state index >= 15 is 0 Å². The van der Waals surface area contributed by atoms with Gasteiger partial charge in [0, 0.05) is 30.9 Å². The van der Waals surface area contributed by atoms with Crippen LogP contribution in [-0.2, 0) is 11.3 Å². The van der Waals surface area contributed by atoms with Gasteiger partial charge in [-0.05, 0) is 76.9 Å². The summed E-state index contributed by atoms with van der Waals surface area (Å²) in [7, 11) is 2.24. The normalized spacial score (nSPS) is 21.2. The molecular weight excluding hydrogens is 326 g/mol. The van der Waals surface area contributed by atoms with Crippen molar-refractivity contribution in [2.75, 3.05) is 38.1 Å². The molecule has 5 nitrogen and oxygen atoms in total. The van der Waals surface area contributed by atoms with Crippen LogP contribution in [0, 0.1) is 12.8 Å². The summed E-state index contributed by atoms with van der Waals surface area (Å²) in [4.78, 5) is 16.1. The first-order valence-corrected chi connectivity index (χ1v) is 9.88. The van der Waals surface area contributed by atoms with Crippen LogP contribution < -0.4 is 10.2 Å². The highest BCUT2D eigenvalue weighted by Gasteiger charge is 2.32. The van der Waals surface area contributed by atoms with Crippen molar-refractivity contribution in [1.29, 1.82) is 0 Å². The minimum Gasteiger partial charge on any atom is -0.481 e. The summed E-state index contributed by atoms with van der Waals surface area (Å²) in [6, 6.07) is 6.73. The fourth-order valence-electron chi connectivity index (χ4n) is 4.26. The average Bonchev–Trinajstić information content (AvgIpc) is 2.64. The number of carbonyl (C=O) groups is 1. The van der Waals surface area contributed by atoms with Crippen molar-refractivity contribution >= 4 is 11.7 Å². The first-order chi connectivity index (χ1) is 12.4. The van der Waals surface area contributed by atoms with Crippen molar-refractivity contribution in [3.8, 4) is 0 Å². The van der Waals surface area contributed by atoms with Crippen LogP contribution in [0.1, 0.15) is 43.7 Å². The predicted molar refractivity (Wildman–Crippen MR) is 106 cm³/mol. The molecule has 2 N–H and O–H groups in total. The van der Waals surface area contributed by atoms with E-state index in [2.05, 4.69) is 54.2 Å². The molecule has 0 bridgehead atoms. The third-order valence-electron chi connectivity index (χ3n) is 6.44. The number of hydrogen-bond donors (Lipinski definition) is 2. The fraction of sp³-hybridized carbons (Fsp3) is 0.667. The number of carboxylic acids is 1. The Bertz CT molecular complexity index is 632. The molecule has 1 aromatic carbocycles. The van der Waals surface area contributed by atoms with E-state index in [1.165, 1.54) is 29.7 Å². The van der Waals surface area contributed by atoms with Gasteiger partial charge >= 0.3 is 5.97 Å². The molecule has 0 atom stereocenters. The maximum absolute atomic E-state index is 11.2. The Kier molecular flexibility index (Phi) is 5.88. The fourth-order valence-corrected chi connectivity index (χ4v) is 4.26. The van der Waals surface area contributed by atoms with Gasteiger partial charge in [-0.1, -0.05) is 12.1 Å². The van der Waals surface area contributed by atoms with E-state index in [1.807, 2.05) is 0 Å². The van der Waals surface area contributed by atoms with E-state index in [4.69, 9.17) is 0 Å². The second-order valence-corrected chi connectivity index (χ2v) is 8.33. The van der Waals surface area contributed by atoms with Crippen LogP contribution in [0.5, 0.6) is 0 Å². The number of aliphatic carboxylic acids is 1. The van der Waals surface area contributed by atoms with Crippen molar-refractivity contribution in [1.82, 2.24) is 10.2 Å². The molecule has 0 aromatic heterocycles. The smallest absolute Gasteiger partial charge is 0.306 e. The molecular formula is C21H33N3O2. The number of benzene rings is 1. The zero-order chi connectivity index (χ0) is 18.7. The van der Waals surface area contributed by atoms with E-state index in [1.54, 1.807) is 0 Å². The molecule has 0 spiro atoms. The van der Waals surface area contributed by atoms with E-state index in [0.29, 0.717) is 0 Å². The molecule has 0 unspecified atom stereocenters. The lowest BCUT2D eigenvalue weighted by Gasteiger charge is -2.43. The molecule has 0 amide bonds. The summed E-state index contributed by atoms with van der Waals surface area (Å²) in [5, 5.41) is 12.7. The molecule has 1 aromatic rings. The summed E-state index contributed by atoms with van der Waals surface area (Å²) in [5.41, 5.74) is 4.15. The van der Waals surface area contributed by atoms with E-state index < -0.39 is 5.97 Å². The number of hydrogen-bond acceptors (Lipinski definition) is 4. The molecule has 0 radical (unpaired) electrons. The SMILES string of the molecule is Cc1ccc(CN(C)C2(C)CCNCC2)c(N2CCC(C(=O)O)CC2)c1. The van der Waals surface area contributed by atoms with Gasteiger partial charge in [0.25, 0.3) is 0 Å². The summed E-state index contributed by atoms with van der Waals surface area (Å²) in [6.45, 7) is 9.28. The lowest BCUT2D eigenvalue weighted by molar-refractivity contribution is -0.142. The van der Waals surface area contributed by atoms with E-state index in [9.17, 15) is 9.90 Å². The number of carboxylic acid groups (broad SMARTS) is 1. The van der Waals surface area contributed by atoms with Gasteiger partial charge in [0.2, 0.25) is 0 Å². The maximum atomic E-state index is 11.2. The zero-order valence-corrected chi connectivity index (χ0v) is 16.4. The van der Waals surface area contributed by atoms with Crippen molar-refractivity contribution in [3.05, 3.63) is 29.3 Å². The Hall–Kier alpha value is -1.59. The van der Waals surface area contributed by atoms with Gasteiger partial charge in [-0.2, -0.15) is 0 Å². The summed E-state index contributed by atoms with van der Waals surface area (Å²) < 4.78 is 0. The van der Waals surface area contributed by atoms with Gasteiger partial charge < -0.3 is 15.3 Å². The van der Waals surface area contributed by atoms with E-state index in [-0.39, 0.29) is 11.5 Å². The van der Waals surface area contributed by atoms with Gasteiger partial charge in [-0.3, -0.25) is 9.69 Å². The zero-order valence-electron chi connectivity index (χ0n) is 16.4. The number of anilines is 1. The van der Waals surface area contributed by atoms with Crippen LogP contribution in [0.25, 0.3) is 0 Å². The van der Waals surface area contributed by atoms with Gasteiger partial charge in [0.1, 0.15) is 0 Å². The van der Waals surface area contributed by atoms with Crippen LogP contribution in [0.15, 0.2) is 18.2 Å². The highest BCUT2D eigenvalue weighted by molar-refractivity contribution is 5.70. The van der Waals surface area contributed by atoms with Gasteiger partial charge in [-0.25, -0.2) is 0 Å². The Balaban J connectivity index is 1.75. The van der Waals surface area contributed by atoms with Crippen LogP contribution in [0.2, 0.25) is 0 Å². The first-order valence-electron chi connectivity index (χ1n) is 9.88. The third kappa shape index (κ3) is 4.21. The largest absolute Gasteiger partial charge is 0.481 e. The molecule has 2 aliphatic heterocycles. The highest BCUT2D eigenvalue weighted by atomic mass is 16.4. The minimum absolute atomic E-state index is 0.184. The number of aryl methyl sites for hydroxylation is 1. The minimum atomic E-state index is -0.646. The molecule has 2 heterocycles. The van der Waals surface area contributed by atoms with Crippen LogP contribution in [0.4, 0.5) is 5.69 Å². The van der Waals surface area contributed by atoms with Crippen LogP contribution in [-0.4, -0.2) is 54.7 Å². The lowest BCUT2D eigenvalue weighted by atomic mass is 9.88. The van der Waals surface area contributed by atoms with Crippen molar-refractivity contribution in [2.24, 2.45) is 5.92 Å². The molecule has 5 heteroatoms. The lowest BCUT2D eigenvalue weighted by Crippen LogP contribution is -2.50. The maximum Gasteiger partial charge on any atom is 0.306 e. The quantitative estimate of drug-likeness (QED) is 0.847. The Morgan fingerprint density at radius 2 is 1.96 bits per heavy atom. The summed E-state index contributed by atoms with van der Waals surface area (Å²) >= 11 is 0. The molecule has 26 heavy (non-hydrogen) atoms. The molecule has 2 saturated heterocycles. The topological polar surface area (TPSA) is 55.8 Å². The van der Waals surface area contributed by atoms with Crippen molar-refractivity contribution in [3.63, 3.8) is 0 Å². The number of nitrogens with zero attached hydrogens (tertiary/aromatic N) is 2. The third-order valence-corrected chi connectivity index (χ3v) is 6.44. The second kappa shape index (κ2) is 7.97. The standard InChI is InChI=1S/C21H33N3O2/c1-16-4-5-18(15-23(3)21(2)8-10-22-11-9-21)19(14-16)24-12-6-17(7-13-24)20(25)26/h4-5,14,17,22H,6-13,15H2,1-3H3,(H,25,26). The molecule has 144 valence electrons. The Labute approximate surface area is 157 Å². The Morgan fingerprint density at radius 3 is 2.58 bits per heavy atom. The molecule has 3 rings (SSSR count). The van der Waals surface area contributed by atoms with Crippen LogP contribution >= 0.6 is 0 Å². The van der Waals surface area contributed by atoms with Crippen molar-refractivity contribution in [2.45, 2.75) is 51.6 Å². The highest BCUT2D eigenvalue weighted by Crippen LogP contribution is 2.31. The van der Waals surface area contributed by atoms with Crippen molar-refractivity contribution < 1.29 is 9.90 Å². The van der Waals surface area contributed by atoms with E-state index in [0.717, 1.165) is 45.6 Å². The predicted octanol–water partition coefficient (Wildman–Crippen LogP) is 2.87. The van der Waals surface area contributed by atoms with Gasteiger partial charge in [-0.15, -0.1) is 0 Å². The summed E-state index contributed by atoms with van der Waals surface area (Å²) in [6.07, 6.45) is 3.83.